The van der Waals surface area contributed by atoms with Crippen LogP contribution in [0.1, 0.15) is 6.92 Å². The summed E-state index contributed by atoms with van der Waals surface area (Å²) < 4.78 is 6.01. The average Bonchev–Trinajstić information content (AvgIpc) is 3.06. The third-order valence-electron chi connectivity index (χ3n) is 3.65. The highest BCUT2D eigenvalue weighted by atomic mass is 32.2. The van der Waals surface area contributed by atoms with Gasteiger partial charge < -0.3 is 4.42 Å². The van der Waals surface area contributed by atoms with Crippen LogP contribution < -0.4 is 5.32 Å². The van der Waals surface area contributed by atoms with Gasteiger partial charge >= 0.3 is 5.91 Å². The zero-order valence-corrected chi connectivity index (χ0v) is 14.4. The van der Waals surface area contributed by atoms with E-state index in [4.69, 9.17) is 4.42 Å². The Morgan fingerprint density at radius 3 is 2.21 bits per heavy atom. The fourth-order valence-electron chi connectivity index (χ4n) is 2.37. The molecular formula is C19H19N2O2S+. The molecule has 1 aromatic heterocycles. The van der Waals surface area contributed by atoms with Gasteiger partial charge in [0, 0.05) is 11.1 Å². The molecule has 3 aromatic rings. The van der Waals surface area contributed by atoms with E-state index in [2.05, 4.69) is 4.98 Å². The molecular weight excluding hydrogens is 320 g/mol. The highest BCUT2D eigenvalue weighted by molar-refractivity contribution is 8.00. The molecule has 0 saturated heterocycles. The van der Waals surface area contributed by atoms with Crippen LogP contribution in [-0.2, 0) is 4.79 Å². The number of nitrogens with two attached hydrogens (primary N) is 1. The monoisotopic (exact) mass is 339 g/mol. The summed E-state index contributed by atoms with van der Waals surface area (Å²) in [5, 5.41) is 1.87. The van der Waals surface area contributed by atoms with Crippen molar-refractivity contribution in [1.29, 1.82) is 0 Å². The van der Waals surface area contributed by atoms with Crippen LogP contribution in [0, 0.1) is 0 Å². The van der Waals surface area contributed by atoms with Crippen molar-refractivity contribution in [3.63, 3.8) is 0 Å². The van der Waals surface area contributed by atoms with Gasteiger partial charge in [0.15, 0.2) is 5.76 Å². The van der Waals surface area contributed by atoms with Crippen LogP contribution in [0.4, 0.5) is 0 Å². The summed E-state index contributed by atoms with van der Waals surface area (Å²) in [6.45, 7) is 1.86. The van der Waals surface area contributed by atoms with Crippen molar-refractivity contribution in [2.24, 2.45) is 0 Å². The molecule has 2 N–H and O–H groups in total. The predicted molar refractivity (Wildman–Crippen MR) is 95.6 cm³/mol. The molecule has 1 unspecified atom stereocenters. The standard InChI is InChI=1S/C19H18N2O2S/c1-13(18(22)20-2)24-19-21-16(14-9-5-3-6-10-14)17(23-19)15-11-7-4-8-12-15/h3-13H,1-2H3,(H,20,22)/p+1. The minimum atomic E-state index is -0.221. The van der Waals surface area contributed by atoms with E-state index in [9.17, 15) is 4.79 Å². The van der Waals surface area contributed by atoms with Gasteiger partial charge in [0.05, 0.1) is 7.05 Å². The van der Waals surface area contributed by atoms with Crippen LogP contribution in [-0.4, -0.2) is 23.2 Å². The fraction of sp³-hybridized carbons (Fsp3) is 0.158. The van der Waals surface area contributed by atoms with E-state index < -0.39 is 0 Å². The number of hydrogen-bond acceptors (Lipinski definition) is 4. The summed E-state index contributed by atoms with van der Waals surface area (Å²) in [4.78, 5) is 16.4. The first-order chi connectivity index (χ1) is 11.7. The topological polar surface area (TPSA) is 59.7 Å². The van der Waals surface area contributed by atoms with E-state index in [1.54, 1.807) is 12.4 Å². The van der Waals surface area contributed by atoms with Crippen LogP contribution in [0.25, 0.3) is 22.6 Å². The number of oxazole rings is 1. The number of carbonyl (C=O) groups excluding carboxylic acids is 1. The highest BCUT2D eigenvalue weighted by Crippen LogP contribution is 2.36. The van der Waals surface area contributed by atoms with E-state index >= 15 is 0 Å². The van der Waals surface area contributed by atoms with Gasteiger partial charge in [-0.25, -0.2) is 9.78 Å². The molecule has 0 fully saturated rings. The minimum Gasteiger partial charge on any atom is -0.431 e. The Balaban J connectivity index is 2.02. The Morgan fingerprint density at radius 1 is 1.04 bits per heavy atom. The SMILES string of the molecule is C[NH2+]C(=O)C(C)Sc1nc(-c2ccccc2)c(-c2ccccc2)o1. The highest BCUT2D eigenvalue weighted by Gasteiger charge is 2.22. The molecule has 122 valence electrons. The number of primary amides is 1. The molecule has 2 aromatic carbocycles. The molecule has 0 aliphatic heterocycles. The molecule has 0 saturated carbocycles. The third-order valence-corrected chi connectivity index (χ3v) is 4.62. The molecule has 0 bridgehead atoms. The smallest absolute Gasteiger partial charge is 0.323 e. The number of amides is 1. The summed E-state index contributed by atoms with van der Waals surface area (Å²) in [5.41, 5.74) is 2.76. The van der Waals surface area contributed by atoms with Gasteiger partial charge in [-0.1, -0.05) is 60.7 Å². The maximum absolute atomic E-state index is 11.8. The lowest BCUT2D eigenvalue weighted by atomic mass is 10.1. The quantitative estimate of drug-likeness (QED) is 0.725. The average molecular weight is 339 g/mol. The Kier molecular flexibility index (Phi) is 5.13. The number of benzene rings is 2. The number of carbonyl (C=O) groups is 1. The van der Waals surface area contributed by atoms with Crippen LogP contribution >= 0.6 is 11.8 Å². The number of hydrogen-bond donors (Lipinski definition) is 1. The second-order valence-corrected chi connectivity index (χ2v) is 6.63. The van der Waals surface area contributed by atoms with E-state index in [1.165, 1.54) is 11.8 Å². The molecule has 0 aliphatic carbocycles. The molecule has 1 amide bonds. The Labute approximate surface area is 145 Å². The number of nitrogens with zero attached hydrogens (tertiary/aromatic N) is 1. The van der Waals surface area contributed by atoms with E-state index in [0.29, 0.717) is 5.22 Å². The number of rotatable bonds is 5. The molecule has 24 heavy (non-hydrogen) atoms. The summed E-state index contributed by atoms with van der Waals surface area (Å²) in [5.74, 6) is 0.796. The molecule has 1 heterocycles. The summed E-state index contributed by atoms with van der Waals surface area (Å²) in [6, 6.07) is 19.8. The second kappa shape index (κ2) is 7.47. The maximum Gasteiger partial charge on any atom is 0.323 e. The number of thioether (sulfide) groups is 1. The van der Waals surface area contributed by atoms with Crippen molar-refractivity contribution in [3.05, 3.63) is 60.7 Å². The number of aromatic nitrogens is 1. The zero-order valence-electron chi connectivity index (χ0n) is 13.6. The Bertz CT molecular complexity index is 759. The Morgan fingerprint density at radius 2 is 1.62 bits per heavy atom. The van der Waals surface area contributed by atoms with Gasteiger partial charge in [-0.15, -0.1) is 0 Å². The van der Waals surface area contributed by atoms with Crippen molar-refractivity contribution >= 4 is 17.7 Å². The van der Waals surface area contributed by atoms with Gasteiger partial charge in [0.1, 0.15) is 10.9 Å². The van der Waals surface area contributed by atoms with E-state index in [1.807, 2.05) is 67.6 Å². The van der Waals surface area contributed by atoms with Crippen LogP contribution in [0.2, 0.25) is 0 Å². The van der Waals surface area contributed by atoms with E-state index in [-0.39, 0.29) is 11.2 Å². The van der Waals surface area contributed by atoms with Gasteiger partial charge in [0.25, 0.3) is 5.22 Å². The van der Waals surface area contributed by atoms with Gasteiger partial charge in [-0.3, -0.25) is 5.32 Å². The fourth-order valence-corrected chi connectivity index (χ4v) is 3.20. The van der Waals surface area contributed by atoms with Crippen molar-refractivity contribution in [1.82, 2.24) is 4.98 Å². The summed E-state index contributed by atoms with van der Waals surface area (Å²) in [7, 11) is 1.75. The molecule has 5 heteroatoms. The van der Waals surface area contributed by atoms with Crippen molar-refractivity contribution in [2.45, 2.75) is 17.4 Å². The first-order valence-corrected chi connectivity index (χ1v) is 8.68. The predicted octanol–water partition coefficient (Wildman–Crippen LogP) is 3.21. The van der Waals surface area contributed by atoms with Crippen molar-refractivity contribution in [3.8, 4) is 22.6 Å². The molecule has 0 spiro atoms. The van der Waals surface area contributed by atoms with Gasteiger partial charge in [0.2, 0.25) is 0 Å². The molecule has 0 aliphatic rings. The lowest BCUT2D eigenvalue weighted by molar-refractivity contribution is -0.538. The minimum absolute atomic E-state index is 0.0701. The lowest BCUT2D eigenvalue weighted by Crippen LogP contribution is -2.86. The summed E-state index contributed by atoms with van der Waals surface area (Å²) in [6.07, 6.45) is 0. The van der Waals surface area contributed by atoms with Gasteiger partial charge in [-0.05, 0) is 18.7 Å². The molecule has 4 nitrogen and oxygen atoms in total. The number of quaternary nitrogens is 1. The van der Waals surface area contributed by atoms with Crippen LogP contribution in [0.15, 0.2) is 70.3 Å². The van der Waals surface area contributed by atoms with Crippen molar-refractivity contribution in [2.75, 3.05) is 7.05 Å². The molecule has 3 rings (SSSR count). The van der Waals surface area contributed by atoms with Gasteiger partial charge in [-0.2, -0.15) is 0 Å². The normalized spacial score (nSPS) is 12.1. The van der Waals surface area contributed by atoms with E-state index in [0.717, 1.165) is 22.6 Å². The van der Waals surface area contributed by atoms with Crippen LogP contribution in [0.5, 0.6) is 0 Å². The first kappa shape index (κ1) is 16.5. The maximum atomic E-state index is 11.8. The Hall–Kier alpha value is -2.37. The zero-order chi connectivity index (χ0) is 16.9. The first-order valence-electron chi connectivity index (χ1n) is 7.80. The molecule has 1 atom stereocenters. The lowest BCUT2D eigenvalue weighted by Gasteiger charge is -2.02. The van der Waals surface area contributed by atoms with Crippen LogP contribution in [0.3, 0.4) is 0 Å². The largest absolute Gasteiger partial charge is 0.431 e. The third kappa shape index (κ3) is 3.58. The van der Waals surface area contributed by atoms with Crippen molar-refractivity contribution < 1.29 is 14.5 Å². The second-order valence-electron chi connectivity index (χ2n) is 5.34. The molecule has 0 radical (unpaired) electrons. The summed E-state index contributed by atoms with van der Waals surface area (Å²) >= 11 is 1.34.